The molecule has 24 heavy (non-hydrogen) atoms. The summed E-state index contributed by atoms with van der Waals surface area (Å²) in [5.74, 6) is 0.861. The third kappa shape index (κ3) is 4.95. The van der Waals surface area contributed by atoms with Crippen molar-refractivity contribution in [1.82, 2.24) is 10.6 Å². The molecule has 1 amide bonds. The quantitative estimate of drug-likeness (QED) is 0.810. The lowest BCUT2D eigenvalue weighted by Crippen LogP contribution is -2.53. The Labute approximate surface area is 142 Å². The van der Waals surface area contributed by atoms with Gasteiger partial charge in [0.1, 0.15) is 6.61 Å². The van der Waals surface area contributed by atoms with Crippen molar-refractivity contribution in [2.24, 2.45) is 5.92 Å². The number of ether oxygens (including phenoxy) is 1. The number of hydrogen-bond acceptors (Lipinski definition) is 5. The molecule has 6 nitrogen and oxygen atoms in total. The van der Waals surface area contributed by atoms with Gasteiger partial charge in [0, 0.05) is 12.1 Å². The molecule has 1 heterocycles. The molecule has 132 valence electrons. The molecule has 1 unspecified atom stereocenters. The summed E-state index contributed by atoms with van der Waals surface area (Å²) in [5, 5.41) is 6.26. The Morgan fingerprint density at radius 3 is 2.58 bits per heavy atom. The second kappa shape index (κ2) is 7.53. The Balaban J connectivity index is 1.27. The molecule has 3 rings (SSSR count). The summed E-state index contributed by atoms with van der Waals surface area (Å²) in [7, 11) is -2.80. The van der Waals surface area contributed by atoms with Crippen LogP contribution >= 0.6 is 0 Å². The molecular weight excluding hydrogens is 328 g/mol. The monoisotopic (exact) mass is 352 g/mol. The minimum Gasteiger partial charge on any atom is -0.445 e. The van der Waals surface area contributed by atoms with Crippen molar-refractivity contribution in [2.75, 3.05) is 18.1 Å². The van der Waals surface area contributed by atoms with E-state index in [2.05, 4.69) is 10.6 Å². The number of rotatable bonds is 6. The van der Waals surface area contributed by atoms with Crippen LogP contribution in [0.2, 0.25) is 0 Å². The van der Waals surface area contributed by atoms with E-state index in [1.807, 2.05) is 30.3 Å². The first-order valence-corrected chi connectivity index (χ1v) is 10.2. The highest BCUT2D eigenvalue weighted by Gasteiger charge is 2.33. The summed E-state index contributed by atoms with van der Waals surface area (Å²) in [4.78, 5) is 11.7. The van der Waals surface area contributed by atoms with Gasteiger partial charge in [-0.25, -0.2) is 13.2 Å². The Morgan fingerprint density at radius 1 is 1.17 bits per heavy atom. The zero-order chi connectivity index (χ0) is 17.0. The van der Waals surface area contributed by atoms with Crippen LogP contribution in [0.5, 0.6) is 0 Å². The van der Waals surface area contributed by atoms with Crippen LogP contribution in [0.25, 0.3) is 0 Å². The molecule has 0 bridgehead atoms. The summed E-state index contributed by atoms with van der Waals surface area (Å²) >= 11 is 0. The molecule has 7 heteroatoms. The molecule has 1 saturated carbocycles. The molecule has 1 saturated heterocycles. The predicted molar refractivity (Wildman–Crippen MR) is 91.3 cm³/mol. The maximum atomic E-state index is 11.7. The average Bonchev–Trinajstić information content (AvgIpc) is 2.87. The number of sulfone groups is 1. The molecule has 1 aliphatic carbocycles. The van der Waals surface area contributed by atoms with E-state index in [4.69, 9.17) is 4.74 Å². The van der Waals surface area contributed by atoms with Crippen molar-refractivity contribution in [2.45, 2.75) is 38.0 Å². The molecule has 1 aromatic rings. The van der Waals surface area contributed by atoms with Crippen molar-refractivity contribution < 1.29 is 17.9 Å². The van der Waals surface area contributed by atoms with Crippen LogP contribution in [0.15, 0.2) is 30.3 Å². The molecule has 0 aromatic heterocycles. The van der Waals surface area contributed by atoms with Gasteiger partial charge in [-0.3, -0.25) is 0 Å². The summed E-state index contributed by atoms with van der Waals surface area (Å²) in [6.07, 6.45) is 2.10. The SMILES string of the molecule is O=C(NC1CC(NCC2CCS(=O)(=O)C2)C1)OCc1ccccc1. The molecule has 2 N–H and O–H groups in total. The highest BCUT2D eigenvalue weighted by molar-refractivity contribution is 7.91. The molecule has 1 aromatic carbocycles. The van der Waals surface area contributed by atoms with E-state index in [-0.39, 0.29) is 24.7 Å². The third-order valence-corrected chi connectivity index (χ3v) is 6.53. The topological polar surface area (TPSA) is 84.5 Å². The Hall–Kier alpha value is -1.60. The van der Waals surface area contributed by atoms with Crippen molar-refractivity contribution in [3.8, 4) is 0 Å². The molecule has 2 fully saturated rings. The van der Waals surface area contributed by atoms with Crippen LogP contribution in [0.4, 0.5) is 4.79 Å². The number of carbonyl (C=O) groups is 1. The van der Waals surface area contributed by atoms with E-state index in [0.717, 1.165) is 31.4 Å². The number of amides is 1. The zero-order valence-corrected chi connectivity index (χ0v) is 14.4. The largest absolute Gasteiger partial charge is 0.445 e. The standard InChI is InChI=1S/C17H24N2O4S/c20-17(23-11-13-4-2-1-3-5-13)19-16-8-15(9-16)18-10-14-6-7-24(21,22)12-14/h1-5,14-16,18H,6-12H2,(H,19,20). The molecule has 0 radical (unpaired) electrons. The fourth-order valence-corrected chi connectivity index (χ4v) is 5.06. The summed E-state index contributed by atoms with van der Waals surface area (Å²) in [6, 6.07) is 10.1. The van der Waals surface area contributed by atoms with Gasteiger partial charge in [-0.2, -0.15) is 0 Å². The van der Waals surface area contributed by atoms with Gasteiger partial charge in [-0.05, 0) is 37.3 Å². The van der Waals surface area contributed by atoms with E-state index < -0.39 is 9.84 Å². The number of carbonyl (C=O) groups excluding carboxylic acids is 1. The summed E-state index contributed by atoms with van der Waals surface area (Å²) in [6.45, 7) is 1.02. The minimum atomic E-state index is -2.80. The number of alkyl carbamates (subject to hydrolysis) is 1. The van der Waals surface area contributed by atoms with Crippen molar-refractivity contribution >= 4 is 15.9 Å². The van der Waals surface area contributed by atoms with E-state index in [1.54, 1.807) is 0 Å². The van der Waals surface area contributed by atoms with E-state index in [0.29, 0.717) is 17.5 Å². The normalized spacial score (nSPS) is 28.1. The Morgan fingerprint density at radius 2 is 1.92 bits per heavy atom. The van der Waals surface area contributed by atoms with Gasteiger partial charge in [-0.15, -0.1) is 0 Å². The fraction of sp³-hybridized carbons (Fsp3) is 0.588. The van der Waals surface area contributed by atoms with Crippen LogP contribution in [0.3, 0.4) is 0 Å². The van der Waals surface area contributed by atoms with E-state index in [9.17, 15) is 13.2 Å². The smallest absolute Gasteiger partial charge is 0.407 e. The Kier molecular flexibility index (Phi) is 5.40. The van der Waals surface area contributed by atoms with E-state index in [1.165, 1.54) is 0 Å². The molecular formula is C17H24N2O4S. The van der Waals surface area contributed by atoms with Gasteiger partial charge >= 0.3 is 6.09 Å². The number of hydrogen-bond donors (Lipinski definition) is 2. The van der Waals surface area contributed by atoms with Gasteiger partial charge in [0.05, 0.1) is 11.5 Å². The molecule has 0 spiro atoms. The van der Waals surface area contributed by atoms with Crippen LogP contribution in [-0.2, 0) is 21.2 Å². The lowest BCUT2D eigenvalue weighted by Gasteiger charge is -2.36. The second-order valence-electron chi connectivity index (χ2n) is 6.75. The van der Waals surface area contributed by atoms with Gasteiger partial charge in [0.25, 0.3) is 0 Å². The lowest BCUT2D eigenvalue weighted by molar-refractivity contribution is 0.125. The minimum absolute atomic E-state index is 0.137. The molecule has 2 aliphatic rings. The fourth-order valence-electron chi connectivity index (χ4n) is 3.20. The van der Waals surface area contributed by atoms with Gasteiger partial charge in [-0.1, -0.05) is 30.3 Å². The van der Waals surface area contributed by atoms with Crippen molar-refractivity contribution in [1.29, 1.82) is 0 Å². The number of benzene rings is 1. The maximum Gasteiger partial charge on any atom is 0.407 e. The molecule has 1 atom stereocenters. The van der Waals surface area contributed by atoms with E-state index >= 15 is 0 Å². The van der Waals surface area contributed by atoms with Crippen molar-refractivity contribution in [3.05, 3.63) is 35.9 Å². The van der Waals surface area contributed by atoms with Gasteiger partial charge < -0.3 is 15.4 Å². The highest BCUT2D eigenvalue weighted by Crippen LogP contribution is 2.22. The first kappa shape index (κ1) is 17.2. The summed E-state index contributed by atoms with van der Waals surface area (Å²) in [5.41, 5.74) is 0.965. The highest BCUT2D eigenvalue weighted by atomic mass is 32.2. The maximum absolute atomic E-state index is 11.7. The number of nitrogens with one attached hydrogen (secondary N) is 2. The van der Waals surface area contributed by atoms with Crippen molar-refractivity contribution in [3.63, 3.8) is 0 Å². The van der Waals surface area contributed by atoms with Crippen LogP contribution < -0.4 is 10.6 Å². The first-order valence-electron chi connectivity index (χ1n) is 8.41. The van der Waals surface area contributed by atoms with Gasteiger partial charge in [0.15, 0.2) is 9.84 Å². The lowest BCUT2D eigenvalue weighted by atomic mass is 9.86. The van der Waals surface area contributed by atoms with Crippen LogP contribution in [0, 0.1) is 5.92 Å². The predicted octanol–water partition coefficient (Wildman–Crippen LogP) is 1.47. The Bertz CT molecular complexity index is 656. The van der Waals surface area contributed by atoms with Crippen LogP contribution in [0.1, 0.15) is 24.8 Å². The molecule has 1 aliphatic heterocycles. The second-order valence-corrected chi connectivity index (χ2v) is 8.98. The summed E-state index contributed by atoms with van der Waals surface area (Å²) < 4.78 is 28.0. The zero-order valence-electron chi connectivity index (χ0n) is 13.6. The average molecular weight is 352 g/mol. The third-order valence-electron chi connectivity index (χ3n) is 4.69. The van der Waals surface area contributed by atoms with Crippen LogP contribution in [-0.4, -0.2) is 44.6 Å². The first-order chi connectivity index (χ1) is 11.5. The van der Waals surface area contributed by atoms with Gasteiger partial charge in [0.2, 0.25) is 0 Å².